The van der Waals surface area contributed by atoms with E-state index in [1.165, 1.54) is 0 Å². The minimum absolute atomic E-state index is 0.166. The highest BCUT2D eigenvalue weighted by Gasteiger charge is 2.28. The molecular formula is C16H16ClNO4. The van der Waals surface area contributed by atoms with Crippen LogP contribution in [0.15, 0.2) is 22.7 Å². The molecule has 3 rings (SSSR count). The van der Waals surface area contributed by atoms with Gasteiger partial charge in [-0.05, 0) is 44.0 Å². The molecule has 0 fully saturated rings. The molecule has 0 spiro atoms. The highest BCUT2D eigenvalue weighted by molar-refractivity contribution is 6.30. The average Bonchev–Trinajstić information content (AvgIpc) is 2.83. The van der Waals surface area contributed by atoms with Crippen molar-refractivity contribution in [3.8, 4) is 5.75 Å². The molecule has 22 heavy (non-hydrogen) atoms. The first-order chi connectivity index (χ1) is 10.5. The Labute approximate surface area is 133 Å². The van der Waals surface area contributed by atoms with Crippen LogP contribution >= 0.6 is 11.6 Å². The minimum Gasteiger partial charge on any atom is -0.492 e. The van der Waals surface area contributed by atoms with Crippen LogP contribution in [0.5, 0.6) is 5.75 Å². The molecule has 1 atom stereocenters. The smallest absolute Gasteiger partial charge is 0.313 e. The third-order valence-corrected chi connectivity index (χ3v) is 4.04. The minimum atomic E-state index is -0.327. The number of carbonyl (C=O) groups excluding carboxylic acids is 1. The van der Waals surface area contributed by atoms with Crippen molar-refractivity contribution in [2.75, 3.05) is 6.61 Å². The fourth-order valence-corrected chi connectivity index (χ4v) is 2.68. The molecule has 2 heterocycles. The van der Waals surface area contributed by atoms with Gasteiger partial charge < -0.3 is 14.0 Å². The zero-order valence-electron chi connectivity index (χ0n) is 12.4. The number of carbonyl (C=O) groups is 1. The van der Waals surface area contributed by atoms with Crippen LogP contribution in [0.3, 0.4) is 0 Å². The summed E-state index contributed by atoms with van der Waals surface area (Å²) in [5, 5.41) is 4.47. The number of hydrogen-bond donors (Lipinski definition) is 0. The Kier molecular flexibility index (Phi) is 4.07. The van der Waals surface area contributed by atoms with Gasteiger partial charge in [-0.15, -0.1) is 0 Å². The van der Waals surface area contributed by atoms with E-state index < -0.39 is 0 Å². The zero-order chi connectivity index (χ0) is 15.7. The fourth-order valence-electron chi connectivity index (χ4n) is 2.48. The molecule has 0 N–H and O–H groups in total. The lowest BCUT2D eigenvalue weighted by Gasteiger charge is -2.24. The SMILES string of the molecule is Cc1noc(C)c1COC(=O)[C@@H]1COc2ccc(Cl)cc2C1. The van der Waals surface area contributed by atoms with Crippen molar-refractivity contribution in [3.05, 3.63) is 45.8 Å². The van der Waals surface area contributed by atoms with Gasteiger partial charge in [-0.3, -0.25) is 4.79 Å². The Morgan fingerprint density at radius 3 is 3.00 bits per heavy atom. The van der Waals surface area contributed by atoms with Gasteiger partial charge in [-0.1, -0.05) is 16.8 Å². The van der Waals surface area contributed by atoms with E-state index in [1.54, 1.807) is 13.0 Å². The van der Waals surface area contributed by atoms with E-state index in [0.29, 0.717) is 23.8 Å². The lowest BCUT2D eigenvalue weighted by molar-refractivity contribution is -0.151. The Morgan fingerprint density at radius 2 is 2.27 bits per heavy atom. The van der Waals surface area contributed by atoms with Crippen molar-refractivity contribution >= 4 is 17.6 Å². The van der Waals surface area contributed by atoms with Gasteiger partial charge in [-0.2, -0.15) is 0 Å². The summed E-state index contributed by atoms with van der Waals surface area (Å²) < 4.78 is 16.0. The summed E-state index contributed by atoms with van der Waals surface area (Å²) in [4.78, 5) is 12.2. The zero-order valence-corrected chi connectivity index (χ0v) is 13.1. The third kappa shape index (κ3) is 2.95. The number of ether oxygens (including phenoxy) is 2. The van der Waals surface area contributed by atoms with Crippen molar-refractivity contribution in [2.45, 2.75) is 26.9 Å². The van der Waals surface area contributed by atoms with Gasteiger partial charge in [0, 0.05) is 5.02 Å². The van der Waals surface area contributed by atoms with E-state index in [1.807, 2.05) is 19.1 Å². The van der Waals surface area contributed by atoms with Gasteiger partial charge >= 0.3 is 5.97 Å². The van der Waals surface area contributed by atoms with Crippen LogP contribution < -0.4 is 4.74 Å². The van der Waals surface area contributed by atoms with E-state index >= 15 is 0 Å². The number of aryl methyl sites for hydroxylation is 2. The second-order valence-electron chi connectivity index (χ2n) is 5.37. The maximum Gasteiger partial charge on any atom is 0.313 e. The first-order valence-corrected chi connectivity index (χ1v) is 7.42. The molecule has 0 bridgehead atoms. The molecule has 5 nitrogen and oxygen atoms in total. The van der Waals surface area contributed by atoms with Crippen LogP contribution in [0.1, 0.15) is 22.6 Å². The predicted octanol–water partition coefficient (Wildman–Crippen LogP) is 3.24. The molecule has 0 saturated carbocycles. The summed E-state index contributed by atoms with van der Waals surface area (Å²) in [6.45, 7) is 4.10. The van der Waals surface area contributed by atoms with Crippen molar-refractivity contribution in [2.24, 2.45) is 5.92 Å². The van der Waals surface area contributed by atoms with Gasteiger partial charge in [-0.25, -0.2) is 0 Å². The molecule has 1 aliphatic rings. The number of nitrogens with zero attached hydrogens (tertiary/aromatic N) is 1. The van der Waals surface area contributed by atoms with Crippen LogP contribution in [0, 0.1) is 19.8 Å². The number of hydrogen-bond acceptors (Lipinski definition) is 5. The number of benzene rings is 1. The quantitative estimate of drug-likeness (QED) is 0.812. The maximum absolute atomic E-state index is 12.2. The van der Waals surface area contributed by atoms with Crippen molar-refractivity contribution in [1.82, 2.24) is 5.16 Å². The number of halogens is 1. The van der Waals surface area contributed by atoms with Crippen LogP contribution in [0.25, 0.3) is 0 Å². The van der Waals surface area contributed by atoms with E-state index in [9.17, 15) is 4.79 Å². The number of rotatable bonds is 3. The van der Waals surface area contributed by atoms with E-state index in [-0.39, 0.29) is 18.5 Å². The van der Waals surface area contributed by atoms with E-state index in [0.717, 1.165) is 22.6 Å². The maximum atomic E-state index is 12.2. The van der Waals surface area contributed by atoms with Gasteiger partial charge in [0.25, 0.3) is 0 Å². The van der Waals surface area contributed by atoms with Gasteiger partial charge in [0.2, 0.25) is 0 Å². The number of fused-ring (bicyclic) bond motifs is 1. The lowest BCUT2D eigenvalue weighted by Crippen LogP contribution is -2.29. The van der Waals surface area contributed by atoms with E-state index in [4.69, 9.17) is 25.6 Å². The summed E-state index contributed by atoms with van der Waals surface area (Å²) >= 11 is 5.98. The molecule has 1 aromatic carbocycles. The van der Waals surface area contributed by atoms with E-state index in [2.05, 4.69) is 5.16 Å². The summed E-state index contributed by atoms with van der Waals surface area (Å²) in [5.74, 6) is 0.832. The molecule has 0 aliphatic carbocycles. The Balaban J connectivity index is 1.64. The highest BCUT2D eigenvalue weighted by Crippen LogP contribution is 2.30. The second kappa shape index (κ2) is 6.01. The summed E-state index contributed by atoms with van der Waals surface area (Å²) in [5.41, 5.74) is 2.48. The monoisotopic (exact) mass is 321 g/mol. The molecule has 1 aliphatic heterocycles. The molecule has 1 aromatic heterocycles. The number of esters is 1. The number of aromatic nitrogens is 1. The molecule has 6 heteroatoms. The molecule has 0 saturated heterocycles. The van der Waals surface area contributed by atoms with Crippen LogP contribution in [0.2, 0.25) is 5.02 Å². The summed E-state index contributed by atoms with van der Waals surface area (Å²) in [6.07, 6.45) is 0.566. The third-order valence-electron chi connectivity index (χ3n) is 3.80. The Bertz CT molecular complexity index is 691. The van der Waals surface area contributed by atoms with Gasteiger partial charge in [0.05, 0.1) is 17.2 Å². The van der Waals surface area contributed by atoms with Crippen LogP contribution in [-0.2, 0) is 22.6 Å². The molecule has 0 amide bonds. The Hall–Kier alpha value is -2.01. The normalized spacial score (nSPS) is 16.8. The second-order valence-corrected chi connectivity index (χ2v) is 5.81. The molecule has 116 valence electrons. The van der Waals surface area contributed by atoms with Crippen LogP contribution in [0.4, 0.5) is 0 Å². The predicted molar refractivity (Wildman–Crippen MR) is 79.9 cm³/mol. The largest absolute Gasteiger partial charge is 0.492 e. The lowest BCUT2D eigenvalue weighted by atomic mass is 9.97. The fraction of sp³-hybridized carbons (Fsp3) is 0.375. The first-order valence-electron chi connectivity index (χ1n) is 7.04. The summed E-state index contributed by atoms with van der Waals surface area (Å²) in [7, 11) is 0. The highest BCUT2D eigenvalue weighted by atomic mass is 35.5. The molecule has 0 unspecified atom stereocenters. The van der Waals surface area contributed by atoms with Crippen LogP contribution in [-0.4, -0.2) is 17.7 Å². The Morgan fingerprint density at radius 1 is 1.45 bits per heavy atom. The molecule has 0 radical (unpaired) electrons. The van der Waals surface area contributed by atoms with Crippen molar-refractivity contribution < 1.29 is 18.8 Å². The molecular weight excluding hydrogens is 306 g/mol. The standard InChI is InChI=1S/C16H16ClNO4/c1-9-14(10(2)22-18-9)8-21-16(19)12-5-11-6-13(17)3-4-15(11)20-7-12/h3-4,6,12H,5,7-8H2,1-2H3/t12-/m0/s1. The first kappa shape index (κ1) is 14.9. The van der Waals surface area contributed by atoms with Crippen molar-refractivity contribution in [3.63, 3.8) is 0 Å². The van der Waals surface area contributed by atoms with Gasteiger partial charge in [0.1, 0.15) is 24.7 Å². The molecule has 2 aromatic rings. The topological polar surface area (TPSA) is 61.6 Å². The summed E-state index contributed by atoms with van der Waals surface area (Å²) in [6, 6.07) is 5.42. The van der Waals surface area contributed by atoms with Crippen molar-refractivity contribution in [1.29, 1.82) is 0 Å². The average molecular weight is 322 g/mol. The van der Waals surface area contributed by atoms with Gasteiger partial charge in [0.15, 0.2) is 0 Å².